The summed E-state index contributed by atoms with van der Waals surface area (Å²) in [7, 11) is 3.99. The minimum Gasteiger partial charge on any atom is -0.475 e. The predicted molar refractivity (Wildman–Crippen MR) is 92.2 cm³/mol. The molecular formula is C18H27F3N2O4. The molecule has 9 heteroatoms. The number of nitrogens with zero attached hydrogens (tertiary/aromatic N) is 2. The summed E-state index contributed by atoms with van der Waals surface area (Å²) in [5.74, 6) is -1.82. The molecule has 1 atom stereocenters. The Labute approximate surface area is 156 Å². The predicted octanol–water partition coefficient (Wildman–Crippen LogP) is 2.30. The Hall–Kier alpha value is -1.61. The van der Waals surface area contributed by atoms with Gasteiger partial charge in [0.2, 0.25) is 5.91 Å². The third-order valence-electron chi connectivity index (χ3n) is 5.57. The SMILES string of the molecule is COCC1CCN(C)C2(C1)CN(C(=O)C1=CCCC1)C2.O=C(O)C(F)(F)F. The Balaban J connectivity index is 0.000000321. The summed E-state index contributed by atoms with van der Waals surface area (Å²) in [5.41, 5.74) is 1.27. The van der Waals surface area contributed by atoms with Gasteiger partial charge in [0.05, 0.1) is 5.54 Å². The minimum absolute atomic E-state index is 0.219. The molecular weight excluding hydrogens is 365 g/mol. The van der Waals surface area contributed by atoms with Gasteiger partial charge in [0.15, 0.2) is 0 Å². The van der Waals surface area contributed by atoms with Crippen LogP contribution < -0.4 is 0 Å². The van der Waals surface area contributed by atoms with E-state index in [4.69, 9.17) is 14.6 Å². The van der Waals surface area contributed by atoms with Crippen LogP contribution in [0, 0.1) is 5.92 Å². The fourth-order valence-corrected chi connectivity index (χ4v) is 4.03. The molecule has 1 amide bonds. The number of carboxylic acid groups (broad SMARTS) is 1. The second kappa shape index (κ2) is 8.60. The number of aliphatic carboxylic acids is 1. The zero-order chi connectivity index (χ0) is 20.2. The molecule has 6 nitrogen and oxygen atoms in total. The molecule has 1 aliphatic carbocycles. The number of halogens is 3. The maximum Gasteiger partial charge on any atom is 0.490 e. The molecule has 0 radical (unpaired) electrons. The average molecular weight is 392 g/mol. The number of alkyl halides is 3. The molecule has 0 aromatic carbocycles. The first-order valence-corrected chi connectivity index (χ1v) is 9.07. The zero-order valence-electron chi connectivity index (χ0n) is 15.7. The highest BCUT2D eigenvalue weighted by atomic mass is 19.4. The van der Waals surface area contributed by atoms with Gasteiger partial charge in [0.25, 0.3) is 0 Å². The van der Waals surface area contributed by atoms with Crippen LogP contribution in [0.25, 0.3) is 0 Å². The Bertz CT molecular complexity index is 586. The lowest BCUT2D eigenvalue weighted by Crippen LogP contribution is -2.72. The molecule has 0 aromatic heterocycles. The number of hydrogen-bond donors (Lipinski definition) is 1. The fourth-order valence-electron chi connectivity index (χ4n) is 4.03. The van der Waals surface area contributed by atoms with E-state index in [0.29, 0.717) is 5.92 Å². The van der Waals surface area contributed by atoms with Gasteiger partial charge in [0.1, 0.15) is 0 Å². The topological polar surface area (TPSA) is 70.1 Å². The molecule has 0 bridgehead atoms. The second-order valence-corrected chi connectivity index (χ2v) is 7.55. The van der Waals surface area contributed by atoms with Crippen LogP contribution in [0.5, 0.6) is 0 Å². The highest BCUT2D eigenvalue weighted by molar-refractivity contribution is 5.94. The summed E-state index contributed by atoms with van der Waals surface area (Å²) in [6.45, 7) is 3.78. The number of methoxy groups -OCH3 is 1. The van der Waals surface area contributed by atoms with Crippen molar-refractivity contribution in [3.8, 4) is 0 Å². The van der Waals surface area contributed by atoms with Gasteiger partial charge in [-0.25, -0.2) is 4.79 Å². The largest absolute Gasteiger partial charge is 0.490 e. The first-order chi connectivity index (χ1) is 12.6. The van der Waals surface area contributed by atoms with E-state index in [1.54, 1.807) is 7.11 Å². The van der Waals surface area contributed by atoms with Gasteiger partial charge in [-0.2, -0.15) is 13.2 Å². The number of hydrogen-bond acceptors (Lipinski definition) is 4. The molecule has 1 N–H and O–H groups in total. The number of piperidine rings is 1. The number of ether oxygens (including phenoxy) is 1. The second-order valence-electron chi connectivity index (χ2n) is 7.55. The number of carboxylic acids is 1. The Morgan fingerprint density at radius 1 is 1.37 bits per heavy atom. The number of rotatable bonds is 3. The first-order valence-electron chi connectivity index (χ1n) is 9.07. The van der Waals surface area contributed by atoms with Crippen LogP contribution in [0.2, 0.25) is 0 Å². The molecule has 3 rings (SSSR count). The molecule has 2 fully saturated rings. The van der Waals surface area contributed by atoms with Gasteiger partial charge in [-0.1, -0.05) is 6.08 Å². The first kappa shape index (κ1) is 21.7. The van der Waals surface area contributed by atoms with Crippen molar-refractivity contribution in [3.05, 3.63) is 11.6 Å². The van der Waals surface area contributed by atoms with Crippen LogP contribution in [0.3, 0.4) is 0 Å². The maximum atomic E-state index is 12.4. The van der Waals surface area contributed by atoms with Crippen LogP contribution >= 0.6 is 0 Å². The van der Waals surface area contributed by atoms with Gasteiger partial charge < -0.3 is 14.7 Å². The van der Waals surface area contributed by atoms with Gasteiger partial charge in [0, 0.05) is 32.4 Å². The van der Waals surface area contributed by atoms with E-state index in [9.17, 15) is 18.0 Å². The van der Waals surface area contributed by atoms with E-state index < -0.39 is 12.1 Å². The Morgan fingerprint density at radius 3 is 2.48 bits per heavy atom. The highest BCUT2D eigenvalue weighted by Gasteiger charge is 2.51. The summed E-state index contributed by atoms with van der Waals surface area (Å²) < 4.78 is 37.1. The third-order valence-corrected chi connectivity index (χ3v) is 5.57. The molecule has 0 aromatic rings. The quantitative estimate of drug-likeness (QED) is 0.798. The van der Waals surface area contributed by atoms with E-state index in [0.717, 1.165) is 51.1 Å². The molecule has 2 saturated heterocycles. The van der Waals surface area contributed by atoms with Crippen molar-refractivity contribution in [3.63, 3.8) is 0 Å². The normalized spacial score (nSPS) is 24.7. The molecule has 1 spiro atoms. The smallest absolute Gasteiger partial charge is 0.475 e. The zero-order valence-corrected chi connectivity index (χ0v) is 15.7. The Morgan fingerprint density at radius 2 is 2.00 bits per heavy atom. The standard InChI is InChI=1S/C16H26N2O2.C2HF3O2/c1-17-8-7-13(10-20-2)9-16(17)11-18(12-16)15(19)14-5-3-4-6-14;3-2(4,5)1(6)7/h5,13H,3-4,6-12H2,1-2H3;(H,6,7). The monoisotopic (exact) mass is 392 g/mol. The summed E-state index contributed by atoms with van der Waals surface area (Å²) in [5, 5.41) is 7.12. The van der Waals surface area contributed by atoms with Crippen LogP contribution in [0.1, 0.15) is 32.1 Å². The van der Waals surface area contributed by atoms with E-state index in [-0.39, 0.29) is 11.4 Å². The van der Waals surface area contributed by atoms with E-state index in [2.05, 4.69) is 18.0 Å². The van der Waals surface area contributed by atoms with Crippen molar-refractivity contribution < 1.29 is 32.6 Å². The number of carbonyl (C=O) groups is 2. The van der Waals surface area contributed by atoms with Crippen molar-refractivity contribution >= 4 is 11.9 Å². The van der Waals surface area contributed by atoms with Crippen LogP contribution in [0.15, 0.2) is 11.6 Å². The van der Waals surface area contributed by atoms with Crippen LogP contribution in [-0.2, 0) is 14.3 Å². The van der Waals surface area contributed by atoms with Crippen molar-refractivity contribution in [2.75, 3.05) is 40.4 Å². The van der Waals surface area contributed by atoms with E-state index in [1.807, 2.05) is 4.90 Å². The molecule has 154 valence electrons. The number of likely N-dealkylation sites (tertiary alicyclic amines) is 2. The van der Waals surface area contributed by atoms with Crippen molar-refractivity contribution in [2.24, 2.45) is 5.92 Å². The van der Waals surface area contributed by atoms with Crippen molar-refractivity contribution in [1.82, 2.24) is 9.80 Å². The molecule has 0 saturated carbocycles. The number of likely N-dealkylation sites (N-methyl/N-ethyl adjacent to an activating group) is 1. The number of carbonyl (C=O) groups excluding carboxylic acids is 1. The lowest BCUT2D eigenvalue weighted by Gasteiger charge is -2.58. The summed E-state index contributed by atoms with van der Waals surface area (Å²) in [4.78, 5) is 25.8. The molecule has 2 heterocycles. The average Bonchev–Trinajstić information content (AvgIpc) is 3.08. The Kier molecular flexibility index (Phi) is 6.91. The molecule has 2 aliphatic heterocycles. The lowest BCUT2D eigenvalue weighted by atomic mass is 9.75. The highest BCUT2D eigenvalue weighted by Crippen LogP contribution is 2.39. The van der Waals surface area contributed by atoms with Crippen molar-refractivity contribution in [2.45, 2.75) is 43.8 Å². The molecule has 3 aliphatic rings. The van der Waals surface area contributed by atoms with Gasteiger partial charge in [-0.05, 0) is 51.6 Å². The third kappa shape index (κ3) is 5.22. The number of allylic oxidation sites excluding steroid dienone is 1. The fraction of sp³-hybridized carbons (Fsp3) is 0.778. The molecule has 1 unspecified atom stereocenters. The van der Waals surface area contributed by atoms with Gasteiger partial charge in [-0.15, -0.1) is 0 Å². The van der Waals surface area contributed by atoms with Crippen LogP contribution in [0.4, 0.5) is 13.2 Å². The molecule has 27 heavy (non-hydrogen) atoms. The van der Waals surface area contributed by atoms with Crippen LogP contribution in [-0.4, -0.2) is 78.9 Å². The maximum absolute atomic E-state index is 12.4. The lowest BCUT2D eigenvalue weighted by molar-refractivity contribution is -0.192. The summed E-state index contributed by atoms with van der Waals surface area (Å²) in [6.07, 6.45) is 2.63. The summed E-state index contributed by atoms with van der Waals surface area (Å²) >= 11 is 0. The van der Waals surface area contributed by atoms with E-state index >= 15 is 0 Å². The van der Waals surface area contributed by atoms with Crippen molar-refractivity contribution in [1.29, 1.82) is 0 Å². The number of amides is 1. The van der Waals surface area contributed by atoms with Gasteiger partial charge >= 0.3 is 12.1 Å². The minimum atomic E-state index is -5.08. The van der Waals surface area contributed by atoms with E-state index in [1.165, 1.54) is 12.8 Å². The summed E-state index contributed by atoms with van der Waals surface area (Å²) in [6, 6.07) is 0. The van der Waals surface area contributed by atoms with Gasteiger partial charge in [-0.3, -0.25) is 9.69 Å².